The number of aliphatic hydroxyl groups is 1. The Hall–Kier alpha value is -0.460. The maximum atomic E-state index is 10.9. The summed E-state index contributed by atoms with van der Waals surface area (Å²) in [6.07, 6.45) is 1.51. The summed E-state index contributed by atoms with van der Waals surface area (Å²) in [4.78, 5) is 30.3. The SMILES string of the molecule is O=C(O)C(O)(CCN1CCCC1)P(=O)(O)O. The summed E-state index contributed by atoms with van der Waals surface area (Å²) in [5.41, 5.74) is 0. The molecule has 1 heterocycles. The van der Waals surface area contributed by atoms with Crippen molar-refractivity contribution in [3.63, 3.8) is 0 Å². The fourth-order valence-corrected chi connectivity index (χ4v) is 2.34. The molecular weight excluding hydrogens is 237 g/mol. The van der Waals surface area contributed by atoms with Crippen LogP contribution in [0.15, 0.2) is 0 Å². The van der Waals surface area contributed by atoms with Gasteiger partial charge in [0.15, 0.2) is 0 Å². The first-order valence-corrected chi connectivity index (χ1v) is 6.62. The van der Waals surface area contributed by atoms with Crippen molar-refractivity contribution in [2.45, 2.75) is 24.6 Å². The van der Waals surface area contributed by atoms with Crippen LogP contribution in [0.5, 0.6) is 0 Å². The standard InChI is InChI=1S/C8H16NO6P/c10-7(11)8(12,16(13,14)15)3-6-9-4-1-2-5-9/h12H,1-6H2,(H,10,11)(H2,13,14,15). The quantitative estimate of drug-likeness (QED) is 0.484. The Kier molecular flexibility index (Phi) is 4.09. The van der Waals surface area contributed by atoms with Gasteiger partial charge < -0.3 is 24.9 Å². The Bertz CT molecular complexity index is 310. The van der Waals surface area contributed by atoms with Gasteiger partial charge in [-0.2, -0.15) is 0 Å². The van der Waals surface area contributed by atoms with E-state index < -0.39 is 25.3 Å². The van der Waals surface area contributed by atoms with E-state index in [1.54, 1.807) is 0 Å². The van der Waals surface area contributed by atoms with Crippen LogP contribution in [-0.2, 0) is 9.36 Å². The molecule has 16 heavy (non-hydrogen) atoms. The van der Waals surface area contributed by atoms with Crippen LogP contribution < -0.4 is 0 Å². The van der Waals surface area contributed by atoms with Crippen LogP contribution >= 0.6 is 7.60 Å². The average Bonchev–Trinajstić information content (AvgIpc) is 2.64. The van der Waals surface area contributed by atoms with E-state index in [9.17, 15) is 14.5 Å². The summed E-state index contributed by atoms with van der Waals surface area (Å²) in [6, 6.07) is 0. The normalized spacial score (nSPS) is 21.9. The Morgan fingerprint density at radius 3 is 2.19 bits per heavy atom. The van der Waals surface area contributed by atoms with Gasteiger partial charge in [0.05, 0.1) is 0 Å². The van der Waals surface area contributed by atoms with Gasteiger partial charge in [-0.25, -0.2) is 4.79 Å². The van der Waals surface area contributed by atoms with Gasteiger partial charge >= 0.3 is 13.6 Å². The largest absolute Gasteiger partial charge is 0.479 e. The molecular formula is C8H16NO6P. The van der Waals surface area contributed by atoms with Crippen molar-refractivity contribution in [2.24, 2.45) is 0 Å². The molecule has 0 aliphatic carbocycles. The van der Waals surface area contributed by atoms with Crippen molar-refractivity contribution in [1.82, 2.24) is 4.90 Å². The number of hydrogen-bond acceptors (Lipinski definition) is 4. The molecule has 1 rings (SSSR count). The van der Waals surface area contributed by atoms with E-state index in [1.165, 1.54) is 0 Å². The molecule has 0 aromatic carbocycles. The van der Waals surface area contributed by atoms with Crippen LogP contribution in [0.4, 0.5) is 0 Å². The molecule has 0 saturated carbocycles. The second-order valence-corrected chi connectivity index (χ2v) is 5.79. The lowest BCUT2D eigenvalue weighted by Gasteiger charge is -2.26. The number of aliphatic carboxylic acids is 1. The van der Waals surface area contributed by atoms with Gasteiger partial charge in [-0.05, 0) is 25.9 Å². The minimum absolute atomic E-state index is 0.175. The van der Waals surface area contributed by atoms with E-state index in [0.717, 1.165) is 25.9 Å². The van der Waals surface area contributed by atoms with Gasteiger partial charge in [-0.15, -0.1) is 0 Å². The molecule has 0 radical (unpaired) electrons. The molecule has 1 unspecified atom stereocenters. The topological polar surface area (TPSA) is 118 Å². The second kappa shape index (κ2) is 4.81. The van der Waals surface area contributed by atoms with E-state index in [2.05, 4.69) is 0 Å². The fraction of sp³-hybridized carbons (Fsp3) is 0.875. The number of likely N-dealkylation sites (tertiary alicyclic amines) is 1. The zero-order valence-corrected chi connectivity index (χ0v) is 9.64. The van der Waals surface area contributed by atoms with Crippen LogP contribution in [0, 0.1) is 0 Å². The van der Waals surface area contributed by atoms with E-state index >= 15 is 0 Å². The smallest absolute Gasteiger partial charge is 0.368 e. The molecule has 1 aliphatic rings. The molecule has 94 valence electrons. The fourth-order valence-electron chi connectivity index (χ4n) is 1.70. The highest BCUT2D eigenvalue weighted by molar-refractivity contribution is 7.54. The number of rotatable bonds is 5. The van der Waals surface area contributed by atoms with E-state index in [-0.39, 0.29) is 6.54 Å². The van der Waals surface area contributed by atoms with Crippen LogP contribution in [0.3, 0.4) is 0 Å². The van der Waals surface area contributed by atoms with E-state index in [1.807, 2.05) is 4.90 Å². The predicted octanol–water partition coefficient (Wildman–Crippen LogP) is -0.577. The van der Waals surface area contributed by atoms with Gasteiger partial charge in [0, 0.05) is 13.0 Å². The van der Waals surface area contributed by atoms with Crippen molar-refractivity contribution >= 4 is 13.6 Å². The third-order valence-electron chi connectivity index (χ3n) is 2.80. The van der Waals surface area contributed by atoms with Crippen molar-refractivity contribution in [1.29, 1.82) is 0 Å². The van der Waals surface area contributed by atoms with E-state index in [0.29, 0.717) is 0 Å². The van der Waals surface area contributed by atoms with Crippen molar-refractivity contribution < 1.29 is 29.4 Å². The predicted molar refractivity (Wildman–Crippen MR) is 54.9 cm³/mol. The Morgan fingerprint density at radius 2 is 1.81 bits per heavy atom. The molecule has 0 amide bonds. The van der Waals surface area contributed by atoms with Gasteiger partial charge in [-0.1, -0.05) is 0 Å². The molecule has 1 fully saturated rings. The number of nitrogens with zero attached hydrogens (tertiary/aromatic N) is 1. The highest BCUT2D eigenvalue weighted by Gasteiger charge is 2.52. The molecule has 0 spiro atoms. The molecule has 0 bridgehead atoms. The third-order valence-corrected chi connectivity index (χ3v) is 4.18. The van der Waals surface area contributed by atoms with Crippen molar-refractivity contribution in [2.75, 3.05) is 19.6 Å². The van der Waals surface area contributed by atoms with Crippen molar-refractivity contribution in [3.8, 4) is 0 Å². The summed E-state index contributed by atoms with van der Waals surface area (Å²) >= 11 is 0. The minimum atomic E-state index is -5.07. The van der Waals surface area contributed by atoms with Crippen LogP contribution in [0.2, 0.25) is 0 Å². The maximum absolute atomic E-state index is 10.9. The summed E-state index contributed by atoms with van der Waals surface area (Å²) in [5.74, 6) is -1.87. The van der Waals surface area contributed by atoms with E-state index in [4.69, 9.17) is 14.9 Å². The molecule has 8 heteroatoms. The maximum Gasteiger partial charge on any atom is 0.368 e. The summed E-state index contributed by atoms with van der Waals surface area (Å²) in [7, 11) is -5.07. The minimum Gasteiger partial charge on any atom is -0.479 e. The zero-order valence-electron chi connectivity index (χ0n) is 8.74. The lowest BCUT2D eigenvalue weighted by molar-refractivity contribution is -0.152. The highest BCUT2D eigenvalue weighted by atomic mass is 31.2. The monoisotopic (exact) mass is 253 g/mol. The summed E-state index contributed by atoms with van der Waals surface area (Å²) in [6.45, 7) is 1.72. The molecule has 1 saturated heterocycles. The first-order chi connectivity index (χ1) is 7.27. The number of hydrogen-bond donors (Lipinski definition) is 4. The van der Waals surface area contributed by atoms with Crippen LogP contribution in [-0.4, -0.2) is 55.8 Å². The number of carbonyl (C=O) groups is 1. The summed E-state index contributed by atoms with van der Waals surface area (Å²) < 4.78 is 10.9. The van der Waals surface area contributed by atoms with Gasteiger partial charge in [0.1, 0.15) is 0 Å². The molecule has 7 nitrogen and oxygen atoms in total. The lowest BCUT2D eigenvalue weighted by Crippen LogP contribution is -2.41. The van der Waals surface area contributed by atoms with Gasteiger partial charge in [0.2, 0.25) is 0 Å². The van der Waals surface area contributed by atoms with Crippen LogP contribution in [0.25, 0.3) is 0 Å². The Balaban J connectivity index is 2.64. The first kappa shape index (κ1) is 13.6. The average molecular weight is 253 g/mol. The van der Waals surface area contributed by atoms with Gasteiger partial charge in [-0.3, -0.25) is 4.57 Å². The molecule has 0 aromatic heterocycles. The molecule has 1 atom stereocenters. The Labute approximate surface area is 92.8 Å². The number of carboxylic acid groups (broad SMARTS) is 1. The highest BCUT2D eigenvalue weighted by Crippen LogP contribution is 2.50. The van der Waals surface area contributed by atoms with Crippen molar-refractivity contribution in [3.05, 3.63) is 0 Å². The van der Waals surface area contributed by atoms with Gasteiger partial charge in [0.25, 0.3) is 5.34 Å². The molecule has 0 aromatic rings. The number of carboxylic acids is 1. The Morgan fingerprint density at radius 1 is 1.31 bits per heavy atom. The summed E-state index contributed by atoms with van der Waals surface area (Å²) in [5, 5.41) is 15.2. The zero-order chi connectivity index (χ0) is 12.4. The molecule has 4 N–H and O–H groups in total. The first-order valence-electron chi connectivity index (χ1n) is 5.01. The second-order valence-electron chi connectivity index (χ2n) is 3.96. The third kappa shape index (κ3) is 2.81. The van der Waals surface area contributed by atoms with Crippen LogP contribution in [0.1, 0.15) is 19.3 Å². The lowest BCUT2D eigenvalue weighted by atomic mass is 10.2. The molecule has 1 aliphatic heterocycles.